The van der Waals surface area contributed by atoms with E-state index >= 15 is 0 Å². The summed E-state index contributed by atoms with van der Waals surface area (Å²) in [6, 6.07) is 11.4. The number of hydrogen-bond donors (Lipinski definition) is 0. The van der Waals surface area contributed by atoms with Gasteiger partial charge in [-0.1, -0.05) is 6.07 Å². The fraction of sp³-hybridized carbons (Fsp3) is 0.348. The van der Waals surface area contributed by atoms with Gasteiger partial charge in [0.1, 0.15) is 11.8 Å². The van der Waals surface area contributed by atoms with E-state index < -0.39 is 6.04 Å². The maximum Gasteiger partial charge on any atom is 0.257 e. The van der Waals surface area contributed by atoms with E-state index in [1.807, 2.05) is 12.1 Å². The van der Waals surface area contributed by atoms with Gasteiger partial charge in [-0.15, -0.1) is 0 Å². The second kappa shape index (κ2) is 7.61. The summed E-state index contributed by atoms with van der Waals surface area (Å²) in [4.78, 5) is 41.8. The normalized spacial score (nSPS) is 19.6. The molecule has 0 bridgehead atoms. The van der Waals surface area contributed by atoms with Crippen molar-refractivity contribution in [3.05, 3.63) is 48.0 Å². The third-order valence-electron chi connectivity index (χ3n) is 5.83. The minimum Gasteiger partial charge on any atom is -0.497 e. The van der Waals surface area contributed by atoms with Crippen molar-refractivity contribution in [2.24, 2.45) is 5.92 Å². The first kappa shape index (κ1) is 19.4. The lowest BCUT2D eigenvalue weighted by Crippen LogP contribution is -2.45. The van der Waals surface area contributed by atoms with Crippen molar-refractivity contribution < 1.29 is 28.6 Å². The van der Waals surface area contributed by atoms with E-state index in [1.165, 1.54) is 0 Å². The van der Waals surface area contributed by atoms with Crippen molar-refractivity contribution >= 4 is 23.4 Å². The molecule has 2 aromatic carbocycles. The number of nitrogens with zero attached hydrogens (tertiary/aromatic N) is 2. The van der Waals surface area contributed by atoms with Crippen molar-refractivity contribution in [2.45, 2.75) is 31.8 Å². The molecule has 1 atom stereocenters. The van der Waals surface area contributed by atoms with Crippen LogP contribution in [0.3, 0.4) is 0 Å². The highest BCUT2D eigenvalue weighted by molar-refractivity contribution is 6.23. The molecule has 3 aliphatic rings. The molecule has 0 radical (unpaired) electrons. The molecule has 31 heavy (non-hydrogen) atoms. The van der Waals surface area contributed by atoms with Crippen molar-refractivity contribution in [2.75, 3.05) is 18.8 Å². The predicted molar refractivity (Wildman–Crippen MR) is 110 cm³/mol. The van der Waals surface area contributed by atoms with Gasteiger partial charge in [-0.2, -0.15) is 0 Å². The van der Waals surface area contributed by atoms with Crippen LogP contribution in [0.4, 0.5) is 5.69 Å². The number of rotatable bonds is 6. The summed E-state index contributed by atoms with van der Waals surface area (Å²) in [7, 11) is 1.55. The molecule has 2 aliphatic heterocycles. The zero-order chi connectivity index (χ0) is 21.5. The lowest BCUT2D eigenvalue weighted by molar-refractivity contribution is -0.140. The van der Waals surface area contributed by atoms with Crippen LogP contribution in [0.1, 0.15) is 24.8 Å². The molecule has 1 saturated carbocycles. The van der Waals surface area contributed by atoms with Gasteiger partial charge in [0.15, 0.2) is 11.5 Å². The topological polar surface area (TPSA) is 85.4 Å². The van der Waals surface area contributed by atoms with E-state index in [2.05, 4.69) is 0 Å². The molecule has 2 aromatic rings. The summed E-state index contributed by atoms with van der Waals surface area (Å²) >= 11 is 0. The largest absolute Gasteiger partial charge is 0.497 e. The second-order valence-corrected chi connectivity index (χ2v) is 7.91. The number of methoxy groups -OCH3 is 1. The lowest BCUT2D eigenvalue weighted by atomic mass is 10.1. The zero-order valence-corrected chi connectivity index (χ0v) is 17.1. The Kier molecular flexibility index (Phi) is 4.77. The summed E-state index contributed by atoms with van der Waals surface area (Å²) in [6.07, 6.45) is 1.59. The molecule has 0 aromatic heterocycles. The van der Waals surface area contributed by atoms with E-state index in [0.29, 0.717) is 22.9 Å². The van der Waals surface area contributed by atoms with Gasteiger partial charge in [0.2, 0.25) is 18.6 Å². The van der Waals surface area contributed by atoms with Crippen LogP contribution in [0.2, 0.25) is 0 Å². The maximum absolute atomic E-state index is 13.3. The summed E-state index contributed by atoms with van der Waals surface area (Å²) in [5.41, 5.74) is 1.29. The summed E-state index contributed by atoms with van der Waals surface area (Å²) in [5.74, 6) is 1.04. The number of fused-ring (bicyclic) bond motifs is 1. The molecule has 3 amide bonds. The van der Waals surface area contributed by atoms with E-state index in [1.54, 1.807) is 42.3 Å². The average molecular weight is 422 g/mol. The van der Waals surface area contributed by atoms with Crippen molar-refractivity contribution in [3.8, 4) is 17.2 Å². The van der Waals surface area contributed by atoms with Gasteiger partial charge in [0.25, 0.3) is 5.91 Å². The lowest BCUT2D eigenvalue weighted by Gasteiger charge is -2.28. The van der Waals surface area contributed by atoms with Gasteiger partial charge in [-0.05, 0) is 54.8 Å². The Hall–Kier alpha value is -3.55. The van der Waals surface area contributed by atoms with E-state index in [-0.39, 0.29) is 43.4 Å². The molecule has 160 valence electrons. The Morgan fingerprint density at radius 2 is 1.84 bits per heavy atom. The molecule has 2 heterocycles. The number of imide groups is 1. The van der Waals surface area contributed by atoms with Crippen molar-refractivity contribution in [1.82, 2.24) is 4.90 Å². The monoisotopic (exact) mass is 422 g/mol. The molecule has 8 heteroatoms. The molecule has 8 nitrogen and oxygen atoms in total. The highest BCUT2D eigenvalue weighted by Gasteiger charge is 2.46. The van der Waals surface area contributed by atoms with Crippen LogP contribution >= 0.6 is 0 Å². The smallest absolute Gasteiger partial charge is 0.257 e. The van der Waals surface area contributed by atoms with Gasteiger partial charge < -0.3 is 19.1 Å². The van der Waals surface area contributed by atoms with Crippen molar-refractivity contribution in [3.63, 3.8) is 0 Å². The van der Waals surface area contributed by atoms with Gasteiger partial charge in [-0.3, -0.25) is 14.4 Å². The Balaban J connectivity index is 1.41. The summed E-state index contributed by atoms with van der Waals surface area (Å²) < 4.78 is 15.9. The van der Waals surface area contributed by atoms with E-state index in [9.17, 15) is 14.4 Å². The van der Waals surface area contributed by atoms with Crippen molar-refractivity contribution in [1.29, 1.82) is 0 Å². The number of amides is 3. The highest BCUT2D eigenvalue weighted by Crippen LogP contribution is 2.37. The fourth-order valence-electron chi connectivity index (χ4n) is 4.00. The first-order valence-electron chi connectivity index (χ1n) is 10.2. The Bertz CT molecular complexity index is 1050. The summed E-state index contributed by atoms with van der Waals surface area (Å²) in [6.45, 7) is 0.391. The van der Waals surface area contributed by atoms with Crippen LogP contribution in [-0.2, 0) is 20.9 Å². The number of hydrogen-bond acceptors (Lipinski definition) is 6. The average Bonchev–Trinajstić information content (AvgIpc) is 3.46. The molecular weight excluding hydrogens is 400 g/mol. The number of carbonyl (C=O) groups excluding carboxylic acids is 3. The van der Waals surface area contributed by atoms with Crippen LogP contribution in [0.25, 0.3) is 0 Å². The van der Waals surface area contributed by atoms with E-state index in [0.717, 1.165) is 23.3 Å². The molecule has 1 aliphatic carbocycles. The Morgan fingerprint density at radius 1 is 1.10 bits per heavy atom. The minimum atomic E-state index is -0.826. The molecular formula is C23H22N2O6. The third kappa shape index (κ3) is 3.58. The Labute approximate surface area is 179 Å². The zero-order valence-electron chi connectivity index (χ0n) is 17.1. The van der Waals surface area contributed by atoms with Crippen LogP contribution in [0, 0.1) is 5.92 Å². The quantitative estimate of drug-likeness (QED) is 0.665. The Morgan fingerprint density at radius 3 is 2.55 bits per heavy atom. The number of carbonyl (C=O) groups is 3. The maximum atomic E-state index is 13.3. The molecule has 2 fully saturated rings. The second-order valence-electron chi connectivity index (χ2n) is 7.91. The van der Waals surface area contributed by atoms with Gasteiger partial charge in [0, 0.05) is 12.5 Å². The van der Waals surface area contributed by atoms with Gasteiger partial charge in [0.05, 0.1) is 19.2 Å². The van der Waals surface area contributed by atoms with Gasteiger partial charge >= 0.3 is 0 Å². The van der Waals surface area contributed by atoms with Crippen LogP contribution in [-0.4, -0.2) is 42.6 Å². The number of anilines is 1. The molecule has 0 spiro atoms. The standard InChI is InChI=1S/C23H22N2O6/c1-29-17-7-5-16(6-8-17)25-21(26)11-18(23(25)28)24(22(27)15-3-4-15)12-14-2-9-19-20(10-14)31-13-30-19/h2,5-10,15,18H,3-4,11-13H2,1H3. The minimum absolute atomic E-state index is 0.0339. The number of ether oxygens (including phenoxy) is 3. The number of benzene rings is 2. The molecule has 1 unspecified atom stereocenters. The van der Waals surface area contributed by atoms with Crippen LogP contribution < -0.4 is 19.1 Å². The molecule has 1 saturated heterocycles. The SMILES string of the molecule is COc1ccc(N2C(=O)CC(N(Cc3ccc4c(c3)OCO4)C(=O)C3CC3)C2=O)cc1. The third-order valence-corrected chi connectivity index (χ3v) is 5.83. The highest BCUT2D eigenvalue weighted by atomic mass is 16.7. The first-order chi connectivity index (χ1) is 15.0. The molecule has 0 N–H and O–H groups in total. The van der Waals surface area contributed by atoms with Gasteiger partial charge in [-0.25, -0.2) is 4.90 Å². The summed E-state index contributed by atoms with van der Waals surface area (Å²) in [5, 5.41) is 0. The van der Waals surface area contributed by atoms with E-state index in [4.69, 9.17) is 14.2 Å². The van der Waals surface area contributed by atoms with Crippen LogP contribution in [0.15, 0.2) is 42.5 Å². The predicted octanol–water partition coefficient (Wildman–Crippen LogP) is 2.49. The van der Waals surface area contributed by atoms with Crippen LogP contribution in [0.5, 0.6) is 17.2 Å². The fourth-order valence-corrected chi connectivity index (χ4v) is 4.00. The molecule has 5 rings (SSSR count). The first-order valence-corrected chi connectivity index (χ1v) is 10.2.